The first-order chi connectivity index (χ1) is 11.1. The molecule has 23 heavy (non-hydrogen) atoms. The Labute approximate surface area is 139 Å². The number of para-hydroxylation sites is 2. The van der Waals surface area contributed by atoms with E-state index in [0.29, 0.717) is 5.92 Å². The fourth-order valence-corrected chi connectivity index (χ4v) is 2.81. The molecule has 0 aliphatic carbocycles. The van der Waals surface area contributed by atoms with E-state index in [1.165, 1.54) is 17.8 Å². The SMILES string of the molecule is CCC(C)Cn1c(CCCCCNC(C)=O)nc2ccccc21. The maximum atomic E-state index is 10.8. The van der Waals surface area contributed by atoms with Gasteiger partial charge in [-0.2, -0.15) is 0 Å². The van der Waals surface area contributed by atoms with E-state index >= 15 is 0 Å². The number of amides is 1. The fourth-order valence-electron chi connectivity index (χ4n) is 2.81. The predicted molar refractivity (Wildman–Crippen MR) is 95.4 cm³/mol. The maximum Gasteiger partial charge on any atom is 0.216 e. The zero-order valence-electron chi connectivity index (χ0n) is 14.6. The summed E-state index contributed by atoms with van der Waals surface area (Å²) in [4.78, 5) is 15.7. The highest BCUT2D eigenvalue weighted by atomic mass is 16.1. The Morgan fingerprint density at radius 1 is 1.26 bits per heavy atom. The molecule has 1 amide bonds. The third kappa shape index (κ3) is 5.08. The summed E-state index contributed by atoms with van der Waals surface area (Å²) in [5, 5.41) is 2.85. The molecule has 4 heteroatoms. The van der Waals surface area contributed by atoms with Crippen LogP contribution in [0.2, 0.25) is 0 Å². The van der Waals surface area contributed by atoms with E-state index in [4.69, 9.17) is 4.98 Å². The van der Waals surface area contributed by atoms with Gasteiger partial charge in [-0.15, -0.1) is 0 Å². The fraction of sp³-hybridized carbons (Fsp3) is 0.579. The molecule has 1 heterocycles. The quantitative estimate of drug-likeness (QED) is 0.713. The first-order valence-electron chi connectivity index (χ1n) is 8.80. The number of carbonyl (C=O) groups excluding carboxylic acids is 1. The number of aryl methyl sites for hydroxylation is 1. The molecule has 0 aliphatic rings. The van der Waals surface area contributed by atoms with Gasteiger partial charge in [0.15, 0.2) is 0 Å². The van der Waals surface area contributed by atoms with E-state index in [0.717, 1.165) is 44.3 Å². The van der Waals surface area contributed by atoms with E-state index in [9.17, 15) is 4.79 Å². The minimum atomic E-state index is 0.0559. The highest BCUT2D eigenvalue weighted by Gasteiger charge is 2.12. The minimum absolute atomic E-state index is 0.0559. The van der Waals surface area contributed by atoms with Crippen molar-refractivity contribution >= 4 is 16.9 Å². The van der Waals surface area contributed by atoms with Crippen LogP contribution in [0, 0.1) is 5.92 Å². The maximum absolute atomic E-state index is 10.8. The Hall–Kier alpha value is -1.84. The number of nitrogens with one attached hydrogen (secondary N) is 1. The van der Waals surface area contributed by atoms with E-state index in [1.807, 2.05) is 0 Å². The monoisotopic (exact) mass is 315 g/mol. The van der Waals surface area contributed by atoms with Crippen molar-refractivity contribution in [3.8, 4) is 0 Å². The summed E-state index contributed by atoms with van der Waals surface area (Å²) in [7, 11) is 0. The average Bonchev–Trinajstić information content (AvgIpc) is 2.88. The highest BCUT2D eigenvalue weighted by molar-refractivity contribution is 5.75. The third-order valence-corrected chi connectivity index (χ3v) is 4.38. The molecule has 0 spiro atoms. The Kier molecular flexibility index (Phi) is 6.63. The number of unbranched alkanes of at least 4 members (excludes halogenated alkanes) is 2. The number of aromatic nitrogens is 2. The second kappa shape index (κ2) is 8.70. The topological polar surface area (TPSA) is 46.9 Å². The summed E-state index contributed by atoms with van der Waals surface area (Å²) in [6.07, 6.45) is 5.45. The van der Waals surface area contributed by atoms with Gasteiger partial charge in [-0.1, -0.05) is 38.8 Å². The minimum Gasteiger partial charge on any atom is -0.356 e. The number of carbonyl (C=O) groups is 1. The molecule has 4 nitrogen and oxygen atoms in total. The van der Waals surface area contributed by atoms with Crippen LogP contribution in [0.5, 0.6) is 0 Å². The third-order valence-electron chi connectivity index (χ3n) is 4.38. The summed E-state index contributed by atoms with van der Waals surface area (Å²) >= 11 is 0. The number of hydrogen-bond donors (Lipinski definition) is 1. The van der Waals surface area contributed by atoms with Crippen molar-refractivity contribution in [2.75, 3.05) is 6.54 Å². The van der Waals surface area contributed by atoms with Gasteiger partial charge in [-0.05, 0) is 30.9 Å². The summed E-state index contributed by atoms with van der Waals surface area (Å²) in [6, 6.07) is 8.42. The molecule has 1 aromatic heterocycles. The first-order valence-corrected chi connectivity index (χ1v) is 8.80. The van der Waals surface area contributed by atoms with Gasteiger partial charge in [-0.3, -0.25) is 4.79 Å². The zero-order chi connectivity index (χ0) is 16.7. The lowest BCUT2D eigenvalue weighted by Crippen LogP contribution is -2.20. The Morgan fingerprint density at radius 2 is 2.04 bits per heavy atom. The van der Waals surface area contributed by atoms with Crippen molar-refractivity contribution in [3.05, 3.63) is 30.1 Å². The van der Waals surface area contributed by atoms with Gasteiger partial charge in [0.25, 0.3) is 0 Å². The van der Waals surface area contributed by atoms with E-state index in [1.54, 1.807) is 6.92 Å². The van der Waals surface area contributed by atoms with Crippen LogP contribution in [0.25, 0.3) is 11.0 Å². The standard InChI is InChI=1S/C19H29N3O/c1-4-15(2)14-22-18-11-8-7-10-17(18)21-19(22)12-6-5-9-13-20-16(3)23/h7-8,10-11,15H,4-6,9,12-14H2,1-3H3,(H,20,23). The molecule has 0 saturated carbocycles. The van der Waals surface area contributed by atoms with Gasteiger partial charge in [0.05, 0.1) is 11.0 Å². The second-order valence-electron chi connectivity index (χ2n) is 6.43. The summed E-state index contributed by atoms with van der Waals surface area (Å²) in [5.41, 5.74) is 2.35. The molecule has 0 radical (unpaired) electrons. The van der Waals surface area contributed by atoms with Crippen LogP contribution in [0.3, 0.4) is 0 Å². The lowest BCUT2D eigenvalue weighted by molar-refractivity contribution is -0.118. The van der Waals surface area contributed by atoms with E-state index < -0.39 is 0 Å². The van der Waals surface area contributed by atoms with Crippen LogP contribution in [0.1, 0.15) is 52.3 Å². The summed E-state index contributed by atoms with van der Waals surface area (Å²) < 4.78 is 2.40. The smallest absolute Gasteiger partial charge is 0.216 e. The lowest BCUT2D eigenvalue weighted by Gasteiger charge is -2.14. The molecule has 126 valence electrons. The number of imidazole rings is 1. The van der Waals surface area contributed by atoms with Crippen molar-refractivity contribution in [1.29, 1.82) is 0 Å². The van der Waals surface area contributed by atoms with Crippen molar-refractivity contribution in [1.82, 2.24) is 14.9 Å². The van der Waals surface area contributed by atoms with Crippen molar-refractivity contribution in [2.24, 2.45) is 5.92 Å². The normalized spacial score (nSPS) is 12.5. The Balaban J connectivity index is 1.98. The van der Waals surface area contributed by atoms with Crippen LogP contribution in [0.4, 0.5) is 0 Å². The van der Waals surface area contributed by atoms with Gasteiger partial charge in [0, 0.05) is 26.4 Å². The van der Waals surface area contributed by atoms with Crippen LogP contribution in [0.15, 0.2) is 24.3 Å². The van der Waals surface area contributed by atoms with E-state index in [2.05, 4.69) is 48.0 Å². The molecule has 0 aliphatic heterocycles. The van der Waals surface area contributed by atoms with Crippen LogP contribution in [-0.4, -0.2) is 22.0 Å². The number of fused-ring (bicyclic) bond motifs is 1. The van der Waals surface area contributed by atoms with Crippen LogP contribution < -0.4 is 5.32 Å². The largest absolute Gasteiger partial charge is 0.356 e. The molecular weight excluding hydrogens is 286 g/mol. The number of nitrogens with zero attached hydrogens (tertiary/aromatic N) is 2. The first kappa shape index (κ1) is 17.5. The van der Waals surface area contributed by atoms with Crippen molar-refractivity contribution in [2.45, 2.75) is 59.4 Å². The van der Waals surface area contributed by atoms with Crippen molar-refractivity contribution < 1.29 is 4.79 Å². The molecule has 0 fully saturated rings. The van der Waals surface area contributed by atoms with Gasteiger partial charge in [0.1, 0.15) is 5.82 Å². The van der Waals surface area contributed by atoms with Gasteiger partial charge < -0.3 is 9.88 Å². The Morgan fingerprint density at radius 3 is 2.78 bits per heavy atom. The number of benzene rings is 1. The molecule has 2 aromatic rings. The van der Waals surface area contributed by atoms with E-state index in [-0.39, 0.29) is 5.91 Å². The van der Waals surface area contributed by atoms with Crippen molar-refractivity contribution in [3.63, 3.8) is 0 Å². The molecule has 2 rings (SSSR count). The average molecular weight is 315 g/mol. The Bertz CT molecular complexity index is 633. The van der Waals surface area contributed by atoms with Gasteiger partial charge >= 0.3 is 0 Å². The summed E-state index contributed by atoms with van der Waals surface area (Å²) in [6.45, 7) is 7.92. The van der Waals surface area contributed by atoms with Gasteiger partial charge in [0.2, 0.25) is 5.91 Å². The molecule has 1 N–H and O–H groups in total. The molecule has 1 atom stereocenters. The zero-order valence-corrected chi connectivity index (χ0v) is 14.6. The van der Waals surface area contributed by atoms with Crippen LogP contribution in [-0.2, 0) is 17.8 Å². The predicted octanol–water partition coefficient (Wildman–Crippen LogP) is 3.93. The second-order valence-corrected chi connectivity index (χ2v) is 6.43. The molecular formula is C19H29N3O. The molecule has 1 aromatic carbocycles. The van der Waals surface area contributed by atoms with Gasteiger partial charge in [-0.25, -0.2) is 4.98 Å². The molecule has 0 bridgehead atoms. The number of hydrogen-bond acceptors (Lipinski definition) is 2. The molecule has 1 unspecified atom stereocenters. The summed E-state index contributed by atoms with van der Waals surface area (Å²) in [5.74, 6) is 1.91. The number of rotatable bonds is 9. The lowest BCUT2D eigenvalue weighted by atomic mass is 10.1. The highest BCUT2D eigenvalue weighted by Crippen LogP contribution is 2.20. The van der Waals surface area contributed by atoms with Crippen LogP contribution >= 0.6 is 0 Å². The molecule has 0 saturated heterocycles.